The maximum Gasteiger partial charge on any atom is 0.296 e. The van der Waals surface area contributed by atoms with Crippen LogP contribution in [0.4, 0.5) is 0 Å². The second-order valence-corrected chi connectivity index (χ2v) is 4.15. The fourth-order valence-corrected chi connectivity index (χ4v) is 1.46. The van der Waals surface area contributed by atoms with Crippen LogP contribution >= 0.6 is 0 Å². The number of rotatable bonds is 2. The molecule has 5 heteroatoms. The smallest absolute Gasteiger partial charge is 0.270 e. The van der Waals surface area contributed by atoms with Crippen molar-refractivity contribution in [3.63, 3.8) is 0 Å². The quantitative estimate of drug-likeness (QED) is 0.580. The van der Waals surface area contributed by atoms with Gasteiger partial charge in [-0.1, -0.05) is 17.7 Å². The fourth-order valence-electron chi connectivity index (χ4n) is 0.801. The molecule has 1 aromatic carbocycles. The minimum absolute atomic E-state index is 0. The number of hydrogen-bond acceptors (Lipinski definition) is 3. The van der Waals surface area contributed by atoms with Crippen LogP contribution in [0.3, 0.4) is 0 Å². The largest absolute Gasteiger partial charge is 0.296 e. The molecule has 0 aliphatic heterocycles. The number of aryl methyl sites for hydroxylation is 1. The van der Waals surface area contributed by atoms with Gasteiger partial charge in [-0.3, -0.25) is 4.18 Å². The molecule has 0 bridgehead atoms. The van der Waals surface area contributed by atoms with E-state index in [9.17, 15) is 8.42 Å². The molecule has 0 saturated heterocycles. The van der Waals surface area contributed by atoms with Crippen LogP contribution in [0.25, 0.3) is 0 Å². The Morgan fingerprint density at radius 1 is 1.15 bits per heavy atom. The maximum absolute atomic E-state index is 11.1. The van der Waals surface area contributed by atoms with E-state index >= 15 is 0 Å². The van der Waals surface area contributed by atoms with Crippen molar-refractivity contribution in [1.29, 1.82) is 0 Å². The second kappa shape index (κ2) is 4.77. The first-order valence-corrected chi connectivity index (χ1v) is 4.84. The molecule has 0 N–H and O–H groups in total. The third-order valence-electron chi connectivity index (χ3n) is 1.53. The molecule has 1 aromatic rings. The van der Waals surface area contributed by atoms with Gasteiger partial charge in [-0.15, -0.1) is 0 Å². The van der Waals surface area contributed by atoms with E-state index in [0.717, 1.165) is 12.7 Å². The number of benzene rings is 1. The zero-order valence-corrected chi connectivity index (χ0v) is 9.22. The SMILES string of the molecule is COS(=O)(=O)c1ccc(C)cc1.[Fe]. The summed E-state index contributed by atoms with van der Waals surface area (Å²) in [6.07, 6.45) is 0. The molecule has 74 valence electrons. The Balaban J connectivity index is 0.00000144. The first-order chi connectivity index (χ1) is 5.56. The standard InChI is InChI=1S/C8H10O3S.Fe/c1-7-3-5-8(6-4-7)12(9,10)11-2;/h3-6H,1-2H3;. The summed E-state index contributed by atoms with van der Waals surface area (Å²) in [7, 11) is -2.37. The van der Waals surface area contributed by atoms with Gasteiger partial charge in [-0.2, -0.15) is 8.42 Å². The molecule has 1 rings (SSSR count). The van der Waals surface area contributed by atoms with Gasteiger partial charge >= 0.3 is 0 Å². The van der Waals surface area contributed by atoms with E-state index in [-0.39, 0.29) is 22.0 Å². The monoisotopic (exact) mass is 242 g/mol. The molecular formula is C8H10FeO3S. The Hall–Kier alpha value is -0.351. The predicted octanol–water partition coefficient (Wildman–Crippen LogP) is 1.33. The van der Waals surface area contributed by atoms with Crippen molar-refractivity contribution in [2.75, 3.05) is 7.11 Å². The Labute approximate surface area is 88.7 Å². The van der Waals surface area contributed by atoms with E-state index in [0.29, 0.717) is 0 Å². The Bertz CT molecular complexity index is 355. The van der Waals surface area contributed by atoms with Crippen LogP contribution in [-0.4, -0.2) is 15.5 Å². The molecule has 0 heterocycles. The van der Waals surface area contributed by atoms with Gasteiger partial charge in [-0.05, 0) is 19.1 Å². The van der Waals surface area contributed by atoms with Gasteiger partial charge in [0.15, 0.2) is 0 Å². The van der Waals surface area contributed by atoms with Crippen molar-refractivity contribution in [3.05, 3.63) is 29.8 Å². The molecule has 0 unspecified atom stereocenters. The van der Waals surface area contributed by atoms with E-state index in [1.54, 1.807) is 12.1 Å². The summed E-state index contributed by atoms with van der Waals surface area (Å²) in [6, 6.07) is 6.50. The Morgan fingerprint density at radius 3 is 2.00 bits per heavy atom. The molecule has 0 aromatic heterocycles. The third-order valence-corrected chi connectivity index (χ3v) is 2.82. The first kappa shape index (κ1) is 12.6. The summed E-state index contributed by atoms with van der Waals surface area (Å²) < 4.78 is 26.5. The molecule has 0 aliphatic carbocycles. The molecule has 0 aliphatic rings. The molecule has 0 amide bonds. The van der Waals surface area contributed by atoms with Crippen molar-refractivity contribution in [3.8, 4) is 0 Å². The maximum atomic E-state index is 11.1. The molecule has 0 spiro atoms. The summed E-state index contributed by atoms with van der Waals surface area (Å²) in [4.78, 5) is 0.190. The van der Waals surface area contributed by atoms with E-state index in [2.05, 4.69) is 4.18 Å². The van der Waals surface area contributed by atoms with Crippen molar-refractivity contribution >= 4 is 10.1 Å². The van der Waals surface area contributed by atoms with Crippen molar-refractivity contribution in [2.45, 2.75) is 11.8 Å². The van der Waals surface area contributed by atoms with Crippen LogP contribution in [0, 0.1) is 6.92 Å². The van der Waals surface area contributed by atoms with Gasteiger partial charge in [0, 0.05) is 17.1 Å². The summed E-state index contributed by atoms with van der Waals surface area (Å²) in [6.45, 7) is 1.89. The van der Waals surface area contributed by atoms with Crippen molar-refractivity contribution in [1.82, 2.24) is 0 Å². The molecule has 0 saturated carbocycles. The van der Waals surface area contributed by atoms with E-state index in [1.807, 2.05) is 6.92 Å². The Kier molecular flexibility index (Phi) is 4.64. The average Bonchev–Trinajstić information content (AvgIpc) is 2.05. The topological polar surface area (TPSA) is 43.4 Å². The van der Waals surface area contributed by atoms with Gasteiger partial charge in [0.2, 0.25) is 0 Å². The second-order valence-electron chi connectivity index (χ2n) is 2.43. The van der Waals surface area contributed by atoms with Crippen LogP contribution in [0.1, 0.15) is 5.56 Å². The van der Waals surface area contributed by atoms with Crippen LogP contribution < -0.4 is 0 Å². The van der Waals surface area contributed by atoms with Gasteiger partial charge in [0.25, 0.3) is 10.1 Å². The van der Waals surface area contributed by atoms with Gasteiger partial charge in [-0.25, -0.2) is 0 Å². The molecular weight excluding hydrogens is 232 g/mol. The Morgan fingerprint density at radius 2 is 1.62 bits per heavy atom. The normalized spacial score (nSPS) is 10.6. The van der Waals surface area contributed by atoms with Crippen LogP contribution in [-0.2, 0) is 31.4 Å². The molecule has 3 nitrogen and oxygen atoms in total. The van der Waals surface area contributed by atoms with Crippen molar-refractivity contribution < 1.29 is 29.7 Å². The van der Waals surface area contributed by atoms with Gasteiger partial charge in [0.1, 0.15) is 0 Å². The zero-order chi connectivity index (χ0) is 9.19. The van der Waals surface area contributed by atoms with Gasteiger partial charge < -0.3 is 0 Å². The average molecular weight is 242 g/mol. The van der Waals surface area contributed by atoms with Crippen LogP contribution in [0.2, 0.25) is 0 Å². The zero-order valence-electron chi connectivity index (χ0n) is 7.30. The van der Waals surface area contributed by atoms with E-state index < -0.39 is 10.1 Å². The minimum Gasteiger partial charge on any atom is -0.270 e. The summed E-state index contributed by atoms with van der Waals surface area (Å²) in [5, 5.41) is 0. The third kappa shape index (κ3) is 3.12. The van der Waals surface area contributed by atoms with Crippen LogP contribution in [0.5, 0.6) is 0 Å². The fraction of sp³-hybridized carbons (Fsp3) is 0.250. The van der Waals surface area contributed by atoms with Gasteiger partial charge in [0.05, 0.1) is 12.0 Å². The number of hydrogen-bond donors (Lipinski definition) is 0. The first-order valence-electron chi connectivity index (χ1n) is 3.43. The summed E-state index contributed by atoms with van der Waals surface area (Å²) in [5.74, 6) is 0. The summed E-state index contributed by atoms with van der Waals surface area (Å²) in [5.41, 5.74) is 1.02. The van der Waals surface area contributed by atoms with Crippen LogP contribution in [0.15, 0.2) is 29.2 Å². The van der Waals surface area contributed by atoms with E-state index in [4.69, 9.17) is 0 Å². The molecule has 13 heavy (non-hydrogen) atoms. The molecule has 0 radical (unpaired) electrons. The van der Waals surface area contributed by atoms with E-state index in [1.165, 1.54) is 12.1 Å². The minimum atomic E-state index is -3.51. The predicted molar refractivity (Wildman–Crippen MR) is 45.4 cm³/mol. The molecule has 0 fully saturated rings. The van der Waals surface area contributed by atoms with Crippen molar-refractivity contribution in [2.24, 2.45) is 0 Å². The molecule has 0 atom stereocenters. The summed E-state index contributed by atoms with van der Waals surface area (Å²) >= 11 is 0.